The summed E-state index contributed by atoms with van der Waals surface area (Å²) < 4.78 is 50.2. The van der Waals surface area contributed by atoms with Crippen LogP contribution in [0, 0.1) is 17.1 Å². The van der Waals surface area contributed by atoms with Gasteiger partial charge in [-0.05, 0) is 29.8 Å². The van der Waals surface area contributed by atoms with E-state index >= 15 is 0 Å². The van der Waals surface area contributed by atoms with Gasteiger partial charge in [0.15, 0.2) is 0 Å². The Morgan fingerprint density at radius 1 is 1.19 bits per heavy atom. The van der Waals surface area contributed by atoms with Crippen LogP contribution in [0.2, 0.25) is 0 Å². The average Bonchev–Trinajstić information content (AvgIpc) is 2.46. The van der Waals surface area contributed by atoms with Gasteiger partial charge in [-0.25, -0.2) is 9.37 Å². The number of aromatic nitrogens is 1. The molecule has 1 heterocycles. The zero-order valence-electron chi connectivity index (χ0n) is 10.6. The minimum absolute atomic E-state index is 0.0835. The molecule has 0 spiro atoms. The van der Waals surface area contributed by atoms with E-state index in [1.165, 1.54) is 24.3 Å². The summed E-state index contributed by atoms with van der Waals surface area (Å²) in [6.07, 6.45) is -3.41. The van der Waals surface area contributed by atoms with Gasteiger partial charge in [-0.3, -0.25) is 0 Å². The zero-order valence-corrected chi connectivity index (χ0v) is 10.6. The van der Waals surface area contributed by atoms with Crippen LogP contribution in [0.4, 0.5) is 23.2 Å². The van der Waals surface area contributed by atoms with E-state index in [0.29, 0.717) is 11.3 Å². The topological polar surface area (TPSA) is 48.7 Å². The lowest BCUT2D eigenvalue weighted by Crippen LogP contribution is -2.08. The van der Waals surface area contributed by atoms with Gasteiger partial charge in [0.25, 0.3) is 0 Å². The van der Waals surface area contributed by atoms with E-state index in [0.717, 1.165) is 12.3 Å². The first-order chi connectivity index (χ1) is 9.90. The van der Waals surface area contributed by atoms with Crippen LogP contribution in [0.25, 0.3) is 0 Å². The zero-order chi connectivity index (χ0) is 15.5. The number of nitrogens with zero attached hydrogens (tertiary/aromatic N) is 2. The molecule has 0 aliphatic rings. The summed E-state index contributed by atoms with van der Waals surface area (Å²) in [7, 11) is 0. The van der Waals surface area contributed by atoms with E-state index in [9.17, 15) is 17.6 Å². The maximum atomic E-state index is 13.1. The Bertz CT molecular complexity index is 672. The maximum Gasteiger partial charge on any atom is 0.433 e. The summed E-state index contributed by atoms with van der Waals surface area (Å²) in [6.45, 7) is 0.238. The molecule has 7 heteroatoms. The lowest BCUT2D eigenvalue weighted by molar-refractivity contribution is -0.141. The Kier molecular flexibility index (Phi) is 4.08. The number of hydrogen-bond acceptors (Lipinski definition) is 3. The average molecular weight is 295 g/mol. The molecule has 2 aromatic rings. The molecule has 21 heavy (non-hydrogen) atoms. The van der Waals surface area contributed by atoms with Crippen molar-refractivity contribution in [1.82, 2.24) is 4.98 Å². The van der Waals surface area contributed by atoms with E-state index in [1.54, 1.807) is 6.07 Å². The summed E-state index contributed by atoms with van der Waals surface area (Å²) in [6, 6.07) is 7.87. The first-order valence-corrected chi connectivity index (χ1v) is 5.86. The van der Waals surface area contributed by atoms with Crippen molar-refractivity contribution in [3.05, 3.63) is 59.2 Å². The standard InChI is InChI=1S/C14H9F4N3/c15-12-3-1-9(5-10(12)6-19)7-20-11-2-4-13(21-8-11)14(16,17)18/h1-5,8,20H,7H2. The van der Waals surface area contributed by atoms with Gasteiger partial charge in [-0.15, -0.1) is 0 Å². The highest BCUT2D eigenvalue weighted by Crippen LogP contribution is 2.27. The SMILES string of the molecule is N#Cc1cc(CNc2ccc(C(F)(F)F)nc2)ccc1F. The molecular weight excluding hydrogens is 286 g/mol. The second-order valence-corrected chi connectivity index (χ2v) is 4.21. The second kappa shape index (κ2) is 5.79. The van der Waals surface area contributed by atoms with Gasteiger partial charge in [-0.2, -0.15) is 18.4 Å². The number of hydrogen-bond donors (Lipinski definition) is 1. The fraction of sp³-hybridized carbons (Fsp3) is 0.143. The molecule has 1 aromatic carbocycles. The third kappa shape index (κ3) is 3.69. The summed E-state index contributed by atoms with van der Waals surface area (Å²) >= 11 is 0. The molecule has 0 fully saturated rings. The van der Waals surface area contributed by atoms with Crippen LogP contribution in [0.5, 0.6) is 0 Å². The lowest BCUT2D eigenvalue weighted by atomic mass is 10.1. The van der Waals surface area contributed by atoms with Crippen molar-refractivity contribution >= 4 is 5.69 Å². The Labute approximate surface area is 117 Å². The van der Waals surface area contributed by atoms with Crippen LogP contribution in [0.3, 0.4) is 0 Å². The van der Waals surface area contributed by atoms with Gasteiger partial charge in [0.1, 0.15) is 17.6 Å². The highest BCUT2D eigenvalue weighted by atomic mass is 19.4. The smallest absolute Gasteiger partial charge is 0.380 e. The number of anilines is 1. The first-order valence-electron chi connectivity index (χ1n) is 5.86. The molecule has 108 valence electrons. The minimum atomic E-state index is -4.48. The quantitative estimate of drug-likeness (QED) is 0.878. The van der Waals surface area contributed by atoms with Crippen LogP contribution < -0.4 is 5.32 Å². The number of benzene rings is 1. The summed E-state index contributed by atoms with van der Waals surface area (Å²) in [5.74, 6) is -0.613. The molecular formula is C14H9F4N3. The number of nitriles is 1. The van der Waals surface area contributed by atoms with Crippen molar-refractivity contribution in [3.63, 3.8) is 0 Å². The van der Waals surface area contributed by atoms with E-state index < -0.39 is 17.7 Å². The number of nitrogens with one attached hydrogen (secondary N) is 1. The number of halogens is 4. The molecule has 1 aromatic heterocycles. The Balaban J connectivity index is 2.05. The Morgan fingerprint density at radius 2 is 1.95 bits per heavy atom. The highest BCUT2D eigenvalue weighted by molar-refractivity contribution is 5.43. The van der Waals surface area contributed by atoms with Gasteiger partial charge in [0, 0.05) is 6.54 Å². The first kappa shape index (κ1) is 14.8. The van der Waals surface area contributed by atoms with Gasteiger partial charge in [-0.1, -0.05) is 6.07 Å². The van der Waals surface area contributed by atoms with Crippen molar-refractivity contribution in [2.24, 2.45) is 0 Å². The molecule has 0 aliphatic heterocycles. The fourth-order valence-electron chi connectivity index (χ4n) is 1.64. The van der Waals surface area contributed by atoms with Gasteiger partial charge in [0.2, 0.25) is 0 Å². The molecule has 0 aliphatic carbocycles. The van der Waals surface area contributed by atoms with Crippen molar-refractivity contribution in [3.8, 4) is 6.07 Å². The summed E-state index contributed by atoms with van der Waals surface area (Å²) in [5.41, 5.74) is -0.0277. The highest BCUT2D eigenvalue weighted by Gasteiger charge is 2.31. The van der Waals surface area contributed by atoms with Gasteiger partial charge < -0.3 is 5.32 Å². The molecule has 0 saturated heterocycles. The van der Waals surface area contributed by atoms with E-state index in [-0.39, 0.29) is 12.1 Å². The second-order valence-electron chi connectivity index (χ2n) is 4.21. The molecule has 2 rings (SSSR count). The number of alkyl halides is 3. The predicted molar refractivity (Wildman–Crippen MR) is 67.7 cm³/mol. The monoisotopic (exact) mass is 295 g/mol. The minimum Gasteiger partial charge on any atom is -0.380 e. The van der Waals surface area contributed by atoms with Crippen molar-refractivity contribution in [1.29, 1.82) is 5.26 Å². The van der Waals surface area contributed by atoms with Crippen molar-refractivity contribution in [2.75, 3.05) is 5.32 Å². The normalized spacial score (nSPS) is 11.0. The van der Waals surface area contributed by atoms with Crippen LogP contribution in [-0.2, 0) is 12.7 Å². The van der Waals surface area contributed by atoms with Crippen LogP contribution in [0.15, 0.2) is 36.5 Å². The van der Waals surface area contributed by atoms with E-state index in [1.807, 2.05) is 0 Å². The molecule has 0 bridgehead atoms. The molecule has 0 atom stereocenters. The van der Waals surface area contributed by atoms with Crippen molar-refractivity contribution < 1.29 is 17.6 Å². The molecule has 0 radical (unpaired) electrons. The maximum absolute atomic E-state index is 13.1. The van der Waals surface area contributed by atoms with Crippen LogP contribution >= 0.6 is 0 Å². The van der Waals surface area contributed by atoms with Crippen molar-refractivity contribution in [2.45, 2.75) is 12.7 Å². The lowest BCUT2D eigenvalue weighted by Gasteiger charge is -2.09. The third-order valence-corrected chi connectivity index (χ3v) is 2.70. The third-order valence-electron chi connectivity index (χ3n) is 2.70. The summed E-state index contributed by atoms with van der Waals surface area (Å²) in [5, 5.41) is 11.6. The number of rotatable bonds is 3. The molecule has 0 amide bonds. The predicted octanol–water partition coefficient (Wildman–Crippen LogP) is 3.72. The van der Waals surface area contributed by atoms with E-state index in [4.69, 9.17) is 5.26 Å². The van der Waals surface area contributed by atoms with Gasteiger partial charge >= 0.3 is 6.18 Å². The van der Waals surface area contributed by atoms with Crippen LogP contribution in [-0.4, -0.2) is 4.98 Å². The number of pyridine rings is 1. The molecule has 0 saturated carbocycles. The van der Waals surface area contributed by atoms with Gasteiger partial charge in [0.05, 0.1) is 17.4 Å². The molecule has 0 unspecified atom stereocenters. The molecule has 3 nitrogen and oxygen atoms in total. The van der Waals surface area contributed by atoms with E-state index in [2.05, 4.69) is 10.3 Å². The fourth-order valence-corrected chi connectivity index (χ4v) is 1.64. The molecule has 1 N–H and O–H groups in total. The largest absolute Gasteiger partial charge is 0.433 e. The Hall–Kier alpha value is -2.62. The Morgan fingerprint density at radius 3 is 2.52 bits per heavy atom. The van der Waals surface area contributed by atoms with Crippen LogP contribution in [0.1, 0.15) is 16.8 Å². The summed E-state index contributed by atoms with van der Waals surface area (Å²) in [4.78, 5) is 3.31.